The number of fused-ring (bicyclic) bond motifs is 1. The van der Waals surface area contributed by atoms with Crippen LogP contribution in [0.3, 0.4) is 0 Å². The second kappa shape index (κ2) is 8.07. The highest BCUT2D eigenvalue weighted by Gasteiger charge is 2.32. The zero-order valence-corrected chi connectivity index (χ0v) is 17.6. The molecule has 148 valence electrons. The maximum atomic E-state index is 13.3. The van der Waals surface area contributed by atoms with E-state index in [-0.39, 0.29) is 17.8 Å². The number of aromatic nitrogens is 2. The molecule has 1 aromatic heterocycles. The van der Waals surface area contributed by atoms with Gasteiger partial charge in [-0.2, -0.15) is 5.10 Å². The van der Waals surface area contributed by atoms with Crippen molar-refractivity contribution in [2.75, 3.05) is 20.2 Å². The van der Waals surface area contributed by atoms with Gasteiger partial charge in [-0.15, -0.1) is 0 Å². The SMILES string of the molecule is COC(=O)C1CCN(C(=O)c2nn(-c3cccc(Br)c3)c3c2CCCC3)CC1. The second-order valence-corrected chi connectivity index (χ2v) is 8.38. The summed E-state index contributed by atoms with van der Waals surface area (Å²) in [5, 5.41) is 4.76. The Morgan fingerprint density at radius 1 is 1.18 bits per heavy atom. The number of rotatable bonds is 3. The van der Waals surface area contributed by atoms with Crippen molar-refractivity contribution in [1.82, 2.24) is 14.7 Å². The Morgan fingerprint density at radius 2 is 1.93 bits per heavy atom. The van der Waals surface area contributed by atoms with Crippen LogP contribution < -0.4 is 0 Å². The van der Waals surface area contributed by atoms with E-state index in [2.05, 4.69) is 15.9 Å². The molecule has 0 saturated carbocycles. The lowest BCUT2D eigenvalue weighted by Crippen LogP contribution is -2.41. The molecular formula is C21H24BrN3O3. The molecule has 1 fully saturated rings. The van der Waals surface area contributed by atoms with E-state index in [4.69, 9.17) is 9.84 Å². The number of amides is 1. The molecule has 2 aromatic rings. The van der Waals surface area contributed by atoms with Crippen LogP contribution in [0.25, 0.3) is 5.69 Å². The van der Waals surface area contributed by atoms with Crippen LogP contribution >= 0.6 is 15.9 Å². The number of nitrogens with zero attached hydrogens (tertiary/aromatic N) is 3. The number of likely N-dealkylation sites (tertiary alicyclic amines) is 1. The number of halogens is 1. The van der Waals surface area contributed by atoms with Gasteiger partial charge in [-0.05, 0) is 56.7 Å². The van der Waals surface area contributed by atoms with Gasteiger partial charge in [-0.3, -0.25) is 9.59 Å². The molecule has 1 aliphatic heterocycles. The van der Waals surface area contributed by atoms with Gasteiger partial charge in [-0.1, -0.05) is 22.0 Å². The molecule has 0 atom stereocenters. The number of carbonyl (C=O) groups excluding carboxylic acids is 2. The summed E-state index contributed by atoms with van der Waals surface area (Å²) >= 11 is 3.52. The average Bonchev–Trinajstić information content (AvgIpc) is 3.12. The highest BCUT2D eigenvalue weighted by atomic mass is 79.9. The maximum Gasteiger partial charge on any atom is 0.308 e. The van der Waals surface area contributed by atoms with E-state index in [0.717, 1.165) is 47.1 Å². The number of esters is 1. The van der Waals surface area contributed by atoms with Crippen LogP contribution in [0.5, 0.6) is 0 Å². The minimum Gasteiger partial charge on any atom is -0.469 e. The number of benzene rings is 1. The summed E-state index contributed by atoms with van der Waals surface area (Å²) in [4.78, 5) is 26.8. The molecule has 1 aromatic carbocycles. The fraction of sp³-hybridized carbons (Fsp3) is 0.476. The predicted molar refractivity (Wildman–Crippen MR) is 109 cm³/mol. The quantitative estimate of drug-likeness (QED) is 0.677. The van der Waals surface area contributed by atoms with Crippen molar-refractivity contribution in [2.45, 2.75) is 38.5 Å². The zero-order chi connectivity index (χ0) is 19.7. The number of piperidine rings is 1. The van der Waals surface area contributed by atoms with Crippen LogP contribution in [0.2, 0.25) is 0 Å². The fourth-order valence-corrected chi connectivity index (χ4v) is 4.61. The standard InChI is InChI=1S/C21H24BrN3O3/c1-28-21(27)14-9-11-24(12-10-14)20(26)19-17-7-2-3-8-18(17)25(23-19)16-6-4-5-15(22)13-16/h4-6,13-14H,2-3,7-12H2,1H3. The first-order valence-corrected chi connectivity index (χ1v) is 10.6. The van der Waals surface area contributed by atoms with Crippen LogP contribution in [-0.2, 0) is 22.4 Å². The molecule has 0 radical (unpaired) electrons. The summed E-state index contributed by atoms with van der Waals surface area (Å²) in [5.74, 6) is -0.305. The zero-order valence-electron chi connectivity index (χ0n) is 16.0. The highest BCUT2D eigenvalue weighted by molar-refractivity contribution is 9.10. The molecule has 0 unspecified atom stereocenters. The third-order valence-corrected chi connectivity index (χ3v) is 6.25. The Morgan fingerprint density at radius 3 is 2.64 bits per heavy atom. The topological polar surface area (TPSA) is 64.4 Å². The highest BCUT2D eigenvalue weighted by Crippen LogP contribution is 2.29. The molecule has 0 bridgehead atoms. The van der Waals surface area contributed by atoms with Crippen LogP contribution in [0.1, 0.15) is 47.4 Å². The average molecular weight is 446 g/mol. The molecule has 1 saturated heterocycles. The number of methoxy groups -OCH3 is 1. The van der Waals surface area contributed by atoms with E-state index in [9.17, 15) is 9.59 Å². The number of ether oxygens (including phenoxy) is 1. The second-order valence-electron chi connectivity index (χ2n) is 7.46. The van der Waals surface area contributed by atoms with Crippen molar-refractivity contribution in [3.05, 3.63) is 45.7 Å². The van der Waals surface area contributed by atoms with E-state index in [1.165, 1.54) is 7.11 Å². The van der Waals surface area contributed by atoms with E-state index in [1.54, 1.807) is 0 Å². The summed E-state index contributed by atoms with van der Waals surface area (Å²) in [6.45, 7) is 1.13. The van der Waals surface area contributed by atoms with E-state index in [1.807, 2.05) is 33.8 Å². The number of hydrogen-bond donors (Lipinski definition) is 0. The molecule has 1 amide bonds. The lowest BCUT2D eigenvalue weighted by Gasteiger charge is -2.30. The predicted octanol–water partition coefficient (Wildman–Crippen LogP) is 3.54. The lowest BCUT2D eigenvalue weighted by molar-refractivity contribution is -0.146. The first kappa shape index (κ1) is 19.2. The van der Waals surface area contributed by atoms with Gasteiger partial charge in [0.1, 0.15) is 0 Å². The molecule has 6 nitrogen and oxygen atoms in total. The van der Waals surface area contributed by atoms with Gasteiger partial charge in [0.25, 0.3) is 5.91 Å². The Kier molecular flexibility index (Phi) is 5.53. The van der Waals surface area contributed by atoms with E-state index in [0.29, 0.717) is 31.6 Å². The Bertz CT molecular complexity index is 900. The normalized spacial score (nSPS) is 17.3. The molecule has 28 heavy (non-hydrogen) atoms. The van der Waals surface area contributed by atoms with Crippen molar-refractivity contribution in [2.24, 2.45) is 5.92 Å². The molecular weight excluding hydrogens is 422 g/mol. The maximum absolute atomic E-state index is 13.3. The minimum atomic E-state index is -0.177. The number of carbonyl (C=O) groups is 2. The first-order valence-electron chi connectivity index (χ1n) is 9.82. The Balaban J connectivity index is 1.61. The van der Waals surface area contributed by atoms with Crippen molar-refractivity contribution < 1.29 is 14.3 Å². The van der Waals surface area contributed by atoms with Gasteiger partial charge in [0.2, 0.25) is 0 Å². The van der Waals surface area contributed by atoms with Crippen molar-refractivity contribution >= 4 is 27.8 Å². The van der Waals surface area contributed by atoms with Crippen LogP contribution in [0, 0.1) is 5.92 Å². The third-order valence-electron chi connectivity index (χ3n) is 5.75. The van der Waals surface area contributed by atoms with Gasteiger partial charge >= 0.3 is 5.97 Å². The third kappa shape index (κ3) is 3.60. The van der Waals surface area contributed by atoms with Gasteiger partial charge in [0.05, 0.1) is 18.7 Å². The van der Waals surface area contributed by atoms with Crippen LogP contribution in [-0.4, -0.2) is 46.8 Å². The van der Waals surface area contributed by atoms with Crippen LogP contribution in [0.15, 0.2) is 28.7 Å². The largest absolute Gasteiger partial charge is 0.469 e. The van der Waals surface area contributed by atoms with Gasteiger partial charge in [0, 0.05) is 28.8 Å². The summed E-state index contributed by atoms with van der Waals surface area (Å²) in [7, 11) is 1.42. The monoisotopic (exact) mass is 445 g/mol. The van der Waals surface area contributed by atoms with E-state index >= 15 is 0 Å². The lowest BCUT2D eigenvalue weighted by atomic mass is 9.94. The van der Waals surface area contributed by atoms with Gasteiger partial charge in [0.15, 0.2) is 5.69 Å². The molecule has 7 heteroatoms. The minimum absolute atomic E-state index is 0.0183. The fourth-order valence-electron chi connectivity index (χ4n) is 4.23. The van der Waals surface area contributed by atoms with Gasteiger partial charge < -0.3 is 9.64 Å². The molecule has 0 N–H and O–H groups in total. The smallest absolute Gasteiger partial charge is 0.308 e. The molecule has 2 heterocycles. The number of hydrogen-bond acceptors (Lipinski definition) is 4. The molecule has 2 aliphatic rings. The van der Waals surface area contributed by atoms with Gasteiger partial charge in [-0.25, -0.2) is 4.68 Å². The van der Waals surface area contributed by atoms with Crippen molar-refractivity contribution in [3.63, 3.8) is 0 Å². The molecule has 4 rings (SSSR count). The van der Waals surface area contributed by atoms with Crippen molar-refractivity contribution in [1.29, 1.82) is 0 Å². The summed E-state index contributed by atoms with van der Waals surface area (Å²) < 4.78 is 7.77. The Hall–Kier alpha value is -2.15. The molecule has 1 aliphatic carbocycles. The summed E-state index contributed by atoms with van der Waals surface area (Å²) in [6.07, 6.45) is 5.32. The van der Waals surface area contributed by atoms with Crippen molar-refractivity contribution in [3.8, 4) is 5.69 Å². The van der Waals surface area contributed by atoms with Crippen LogP contribution in [0.4, 0.5) is 0 Å². The van der Waals surface area contributed by atoms with E-state index < -0.39 is 0 Å². The first-order chi connectivity index (χ1) is 13.6. The molecule has 0 spiro atoms. The summed E-state index contributed by atoms with van der Waals surface area (Å²) in [6, 6.07) is 8.01. The summed E-state index contributed by atoms with van der Waals surface area (Å²) in [5.41, 5.74) is 3.78. The Labute approximate surface area is 173 Å².